The fourth-order valence-electron chi connectivity index (χ4n) is 2.37. The van der Waals surface area contributed by atoms with Gasteiger partial charge >= 0.3 is 11.8 Å². The molecule has 0 unspecified atom stereocenters. The van der Waals surface area contributed by atoms with Crippen LogP contribution in [0.2, 0.25) is 0 Å². The predicted octanol–water partition coefficient (Wildman–Crippen LogP) is 1.50. The maximum Gasteiger partial charge on any atom is 0.508 e. The molecule has 1 aromatic rings. The van der Waals surface area contributed by atoms with E-state index in [1.54, 1.807) is 20.8 Å². The van der Waals surface area contributed by atoms with Gasteiger partial charge in [-0.3, -0.25) is 14.3 Å². The minimum Gasteiger partial charge on any atom is -0.431 e. The highest BCUT2D eigenvalue weighted by Crippen LogP contribution is 2.28. The lowest BCUT2D eigenvalue weighted by atomic mass is 10.2. The number of aromatic nitrogens is 2. The average molecular weight is 433 g/mol. The molecular weight excluding hydrogens is 412 g/mol. The molecule has 0 radical (unpaired) electrons. The van der Waals surface area contributed by atoms with Gasteiger partial charge in [-0.1, -0.05) is 15.9 Å². The van der Waals surface area contributed by atoms with E-state index in [-0.39, 0.29) is 18.6 Å². The van der Waals surface area contributed by atoms with Crippen LogP contribution < -0.4 is 11.2 Å². The summed E-state index contributed by atoms with van der Waals surface area (Å²) in [4.78, 5) is 39.0. The number of hydrogen-bond donors (Lipinski definition) is 2. The van der Waals surface area contributed by atoms with E-state index in [2.05, 4.69) is 20.9 Å². The van der Waals surface area contributed by atoms with Gasteiger partial charge in [0, 0.05) is 12.6 Å². The van der Waals surface area contributed by atoms with E-state index >= 15 is 0 Å². The minimum atomic E-state index is -0.948. The van der Waals surface area contributed by atoms with Crippen LogP contribution in [0.15, 0.2) is 20.8 Å². The number of rotatable bonds is 4. The van der Waals surface area contributed by atoms with E-state index < -0.39 is 41.4 Å². The maximum absolute atomic E-state index is 12.0. The van der Waals surface area contributed by atoms with Crippen molar-refractivity contribution < 1.29 is 24.1 Å². The van der Waals surface area contributed by atoms with E-state index in [0.29, 0.717) is 0 Å². The number of carbonyl (C=O) groups is 1. The number of H-pyrrole nitrogens is 1. The first kappa shape index (κ1) is 20.4. The van der Waals surface area contributed by atoms with Crippen molar-refractivity contribution in [2.45, 2.75) is 51.2 Å². The highest BCUT2D eigenvalue weighted by molar-refractivity contribution is 9.11. The third-order valence-electron chi connectivity index (χ3n) is 3.51. The summed E-state index contributed by atoms with van der Waals surface area (Å²) in [5.74, 6) is 0. The number of ether oxygens (including phenoxy) is 3. The van der Waals surface area contributed by atoms with Gasteiger partial charge in [-0.15, -0.1) is 0 Å². The van der Waals surface area contributed by atoms with E-state index in [1.807, 2.05) is 0 Å². The van der Waals surface area contributed by atoms with Gasteiger partial charge in [0.25, 0.3) is 5.56 Å². The van der Waals surface area contributed by atoms with Crippen LogP contribution in [0.5, 0.6) is 0 Å². The molecule has 0 bridgehead atoms. The van der Waals surface area contributed by atoms with E-state index in [1.165, 1.54) is 21.8 Å². The topological polar surface area (TPSA) is 120 Å². The lowest BCUT2D eigenvalue weighted by Gasteiger charge is -2.20. The molecule has 1 aliphatic heterocycles. The Balaban J connectivity index is 2.07. The monoisotopic (exact) mass is 432 g/mol. The number of carbonyl (C=O) groups excluding carboxylic acids is 1. The number of halogens is 1. The largest absolute Gasteiger partial charge is 0.508 e. The number of aliphatic hydroxyl groups excluding tert-OH is 1. The number of nitrogens with zero attached hydrogens (tertiary/aromatic N) is 1. The van der Waals surface area contributed by atoms with Crippen molar-refractivity contribution in [3.8, 4) is 0 Å². The maximum atomic E-state index is 12.0. The molecule has 2 heterocycles. The summed E-state index contributed by atoms with van der Waals surface area (Å²) in [5, 5.41) is 10.1. The lowest BCUT2D eigenvalue weighted by molar-refractivity contribution is -0.0694. The van der Waals surface area contributed by atoms with Crippen LogP contribution in [-0.2, 0) is 14.2 Å². The summed E-state index contributed by atoms with van der Waals surface area (Å²) in [6.45, 7) is 4.88. The van der Waals surface area contributed by atoms with Gasteiger partial charge in [0.2, 0.25) is 0 Å². The molecule has 0 aromatic carbocycles. The molecule has 0 amide bonds. The normalized spacial score (nSPS) is 23.3. The van der Waals surface area contributed by atoms with Crippen molar-refractivity contribution >= 4 is 28.2 Å². The van der Waals surface area contributed by atoms with Gasteiger partial charge in [-0.25, -0.2) is 9.59 Å². The Morgan fingerprint density at radius 2 is 2.19 bits per heavy atom. The van der Waals surface area contributed by atoms with Crippen LogP contribution in [0.4, 0.5) is 4.79 Å². The number of nitrogens with one attached hydrogen (secondary N) is 1. The van der Waals surface area contributed by atoms with Crippen molar-refractivity contribution in [1.82, 2.24) is 9.55 Å². The quantitative estimate of drug-likeness (QED) is 0.691. The first-order valence-electron chi connectivity index (χ1n) is 7.92. The summed E-state index contributed by atoms with van der Waals surface area (Å²) in [6, 6.07) is 0. The van der Waals surface area contributed by atoms with E-state index in [0.717, 1.165) is 0 Å². The molecule has 9 nitrogen and oxygen atoms in total. The van der Waals surface area contributed by atoms with Gasteiger partial charge < -0.3 is 19.3 Å². The molecule has 1 aromatic heterocycles. The molecule has 3 atom stereocenters. The molecule has 0 saturated carbocycles. The first-order valence-corrected chi connectivity index (χ1v) is 8.84. The van der Waals surface area contributed by atoms with E-state index in [9.17, 15) is 19.5 Å². The molecule has 1 saturated heterocycles. The molecular formula is C16H21BrN2O7. The Morgan fingerprint density at radius 3 is 2.81 bits per heavy atom. The molecule has 1 aliphatic rings. The standard InChI is InChI=1S/C16H21BrN2O7/c1-16(2,3)26-15(23)24-8-11-10(20)6-12(25-11)19-7-9(4-5-17)13(21)18-14(19)22/h4-5,7,10-12,20H,6,8H2,1-3H3,(H,18,21,22)/b5-4+/t10-,11+,12+/m0/s1. The van der Waals surface area contributed by atoms with Gasteiger partial charge in [0.15, 0.2) is 0 Å². The van der Waals surface area contributed by atoms with Crippen molar-refractivity contribution in [3.63, 3.8) is 0 Å². The fraction of sp³-hybridized carbons (Fsp3) is 0.562. The molecule has 144 valence electrons. The highest BCUT2D eigenvalue weighted by atomic mass is 79.9. The van der Waals surface area contributed by atoms with Crippen LogP contribution in [0.25, 0.3) is 6.08 Å². The van der Waals surface area contributed by atoms with E-state index in [4.69, 9.17) is 14.2 Å². The summed E-state index contributed by atoms with van der Waals surface area (Å²) in [7, 11) is 0. The second-order valence-corrected chi connectivity index (χ2v) is 7.28. The predicted molar refractivity (Wildman–Crippen MR) is 96.0 cm³/mol. The van der Waals surface area contributed by atoms with Crippen LogP contribution >= 0.6 is 15.9 Å². The van der Waals surface area contributed by atoms with Crippen LogP contribution in [-0.4, -0.2) is 45.2 Å². The van der Waals surface area contributed by atoms with Crippen LogP contribution in [0, 0.1) is 0 Å². The molecule has 1 fully saturated rings. The average Bonchev–Trinajstić information content (AvgIpc) is 2.87. The summed E-state index contributed by atoms with van der Waals surface area (Å²) < 4.78 is 16.8. The smallest absolute Gasteiger partial charge is 0.431 e. The van der Waals surface area contributed by atoms with Crippen molar-refractivity contribution in [3.05, 3.63) is 37.6 Å². The third kappa shape index (κ3) is 5.29. The van der Waals surface area contributed by atoms with Gasteiger partial charge in [0.05, 0.1) is 11.7 Å². The van der Waals surface area contributed by atoms with Crippen LogP contribution in [0.3, 0.4) is 0 Å². The van der Waals surface area contributed by atoms with Gasteiger partial charge in [-0.2, -0.15) is 0 Å². The highest BCUT2D eigenvalue weighted by Gasteiger charge is 2.36. The third-order valence-corrected chi connectivity index (χ3v) is 3.77. The van der Waals surface area contributed by atoms with Gasteiger partial charge in [0.1, 0.15) is 24.5 Å². The Labute approximate surface area is 157 Å². The summed E-state index contributed by atoms with van der Waals surface area (Å²) in [6.07, 6.45) is -0.521. The second-order valence-electron chi connectivity index (χ2n) is 6.75. The SMILES string of the molecule is CC(C)(C)OC(=O)OC[C@H]1O[C@@H](n2cc(/C=C/Br)c(=O)[nH]c2=O)C[C@@H]1O. The summed E-state index contributed by atoms with van der Waals surface area (Å²) >= 11 is 3.07. The number of hydrogen-bond acceptors (Lipinski definition) is 7. The van der Waals surface area contributed by atoms with Gasteiger partial charge in [-0.05, 0) is 31.8 Å². The zero-order valence-corrected chi connectivity index (χ0v) is 16.2. The second kappa shape index (κ2) is 8.19. The Bertz CT molecular complexity index is 793. The zero-order chi connectivity index (χ0) is 19.5. The molecule has 0 aliphatic carbocycles. The molecule has 2 N–H and O–H groups in total. The number of aromatic amines is 1. The van der Waals surface area contributed by atoms with Crippen molar-refractivity contribution in [2.24, 2.45) is 0 Å². The van der Waals surface area contributed by atoms with Crippen LogP contribution in [0.1, 0.15) is 39.0 Å². The fourth-order valence-corrected chi connectivity index (χ4v) is 2.65. The molecule has 26 heavy (non-hydrogen) atoms. The lowest BCUT2D eigenvalue weighted by Crippen LogP contribution is -2.34. The Kier molecular flexibility index (Phi) is 6.43. The Morgan fingerprint density at radius 1 is 1.50 bits per heavy atom. The zero-order valence-electron chi connectivity index (χ0n) is 14.6. The molecule has 0 spiro atoms. The minimum absolute atomic E-state index is 0.103. The Hall–Kier alpha value is -1.91. The van der Waals surface area contributed by atoms with Crippen molar-refractivity contribution in [1.29, 1.82) is 0 Å². The molecule has 2 rings (SSSR count). The van der Waals surface area contributed by atoms with Crippen molar-refractivity contribution in [2.75, 3.05) is 6.61 Å². The first-order chi connectivity index (χ1) is 12.1. The molecule has 10 heteroatoms. The number of aliphatic hydroxyl groups is 1. The summed E-state index contributed by atoms with van der Waals surface area (Å²) in [5.41, 5.74) is -1.65.